The number of carbonyl (C=O) groups excluding carboxylic acids is 3. The van der Waals surface area contributed by atoms with Crippen molar-refractivity contribution in [2.24, 2.45) is 23.7 Å². The summed E-state index contributed by atoms with van der Waals surface area (Å²) in [6.07, 6.45) is 5.00. The van der Waals surface area contributed by atoms with Crippen LogP contribution in [0.4, 0.5) is 5.69 Å². The first-order valence-corrected chi connectivity index (χ1v) is 8.36. The number of aryl methyl sites for hydroxylation is 2. The molecule has 124 valence electrons. The highest BCUT2D eigenvalue weighted by molar-refractivity contribution is 6.09. The monoisotopic (exact) mass is 324 g/mol. The lowest BCUT2D eigenvalue weighted by Gasteiger charge is -2.17. The maximum Gasteiger partial charge on any atom is 0.244 e. The van der Waals surface area contributed by atoms with Crippen molar-refractivity contribution in [2.45, 2.75) is 20.3 Å². The Bertz CT molecular complexity index is 753. The SMILES string of the molecule is Cc1ccc(NC(=O)CN2C(=O)[C@@H]3[C@@H](C2=O)[C@H]2C=C[C@@H]3C2)cc1C. The van der Waals surface area contributed by atoms with Crippen LogP contribution in [0.25, 0.3) is 0 Å². The number of carbonyl (C=O) groups is 3. The second kappa shape index (κ2) is 5.30. The van der Waals surface area contributed by atoms with Crippen molar-refractivity contribution in [3.8, 4) is 0 Å². The summed E-state index contributed by atoms with van der Waals surface area (Å²) in [6, 6.07) is 5.65. The third kappa shape index (κ3) is 2.19. The molecule has 2 aliphatic carbocycles. The van der Waals surface area contributed by atoms with Crippen LogP contribution in [0.3, 0.4) is 0 Å². The van der Waals surface area contributed by atoms with E-state index in [1.165, 1.54) is 0 Å². The number of benzene rings is 1. The van der Waals surface area contributed by atoms with Crippen molar-refractivity contribution in [2.75, 3.05) is 11.9 Å². The number of amides is 3. The van der Waals surface area contributed by atoms with Gasteiger partial charge in [-0.1, -0.05) is 18.2 Å². The smallest absolute Gasteiger partial charge is 0.244 e. The van der Waals surface area contributed by atoms with Gasteiger partial charge in [-0.15, -0.1) is 0 Å². The number of imide groups is 1. The first-order valence-electron chi connectivity index (χ1n) is 8.36. The van der Waals surface area contributed by atoms with Crippen molar-refractivity contribution in [1.29, 1.82) is 0 Å². The number of nitrogens with one attached hydrogen (secondary N) is 1. The predicted octanol–water partition coefficient (Wildman–Crippen LogP) is 2.05. The van der Waals surface area contributed by atoms with Crippen LogP contribution in [0.15, 0.2) is 30.4 Å². The lowest BCUT2D eigenvalue weighted by molar-refractivity contribution is -0.143. The molecular weight excluding hydrogens is 304 g/mol. The van der Waals surface area contributed by atoms with Gasteiger partial charge in [0.15, 0.2) is 0 Å². The molecule has 3 aliphatic rings. The molecule has 0 unspecified atom stereocenters. The lowest BCUT2D eigenvalue weighted by Crippen LogP contribution is -2.39. The molecule has 4 rings (SSSR count). The first-order chi connectivity index (χ1) is 11.5. The van der Waals surface area contributed by atoms with E-state index in [1.54, 1.807) is 0 Å². The molecule has 1 aromatic rings. The molecule has 1 aromatic carbocycles. The van der Waals surface area contributed by atoms with E-state index in [2.05, 4.69) is 17.5 Å². The van der Waals surface area contributed by atoms with E-state index < -0.39 is 0 Å². The van der Waals surface area contributed by atoms with Gasteiger partial charge in [0, 0.05) is 5.69 Å². The fourth-order valence-electron chi connectivity index (χ4n) is 4.28. The Hall–Kier alpha value is -2.43. The number of hydrogen-bond donors (Lipinski definition) is 1. The Labute approximate surface area is 140 Å². The topological polar surface area (TPSA) is 66.5 Å². The summed E-state index contributed by atoms with van der Waals surface area (Å²) in [5.41, 5.74) is 2.91. The Morgan fingerprint density at radius 1 is 1.08 bits per heavy atom. The minimum Gasteiger partial charge on any atom is -0.325 e. The molecule has 5 heteroatoms. The summed E-state index contributed by atoms with van der Waals surface area (Å²) in [5, 5.41) is 2.78. The third-order valence-electron chi connectivity index (χ3n) is 5.65. The highest BCUT2D eigenvalue weighted by Gasteiger charge is 2.59. The molecule has 2 fully saturated rings. The van der Waals surface area contributed by atoms with Gasteiger partial charge in [0.2, 0.25) is 17.7 Å². The number of likely N-dealkylation sites (tertiary alicyclic amines) is 1. The zero-order chi connectivity index (χ0) is 17.0. The van der Waals surface area contributed by atoms with E-state index in [4.69, 9.17) is 0 Å². The fraction of sp³-hybridized carbons (Fsp3) is 0.421. The predicted molar refractivity (Wildman–Crippen MR) is 89.0 cm³/mol. The number of nitrogens with zero attached hydrogens (tertiary/aromatic N) is 1. The molecule has 0 radical (unpaired) electrons. The number of hydrogen-bond acceptors (Lipinski definition) is 3. The first kappa shape index (κ1) is 15.1. The summed E-state index contributed by atoms with van der Waals surface area (Å²) in [4.78, 5) is 38.6. The molecular formula is C19H20N2O3. The summed E-state index contributed by atoms with van der Waals surface area (Å²) in [5.74, 6) is -0.855. The van der Waals surface area contributed by atoms with Crippen molar-refractivity contribution < 1.29 is 14.4 Å². The lowest BCUT2D eigenvalue weighted by atomic mass is 9.85. The van der Waals surface area contributed by atoms with Gasteiger partial charge in [0.25, 0.3) is 0 Å². The van der Waals surface area contributed by atoms with Gasteiger partial charge in [0.1, 0.15) is 6.54 Å². The molecule has 5 nitrogen and oxygen atoms in total. The normalized spacial score (nSPS) is 30.2. The molecule has 4 atom stereocenters. The molecule has 1 aliphatic heterocycles. The van der Waals surface area contributed by atoms with E-state index >= 15 is 0 Å². The number of anilines is 1. The van der Waals surface area contributed by atoms with Crippen LogP contribution in [0.1, 0.15) is 17.5 Å². The van der Waals surface area contributed by atoms with Crippen molar-refractivity contribution in [1.82, 2.24) is 4.90 Å². The van der Waals surface area contributed by atoms with Crippen LogP contribution in [0.5, 0.6) is 0 Å². The van der Waals surface area contributed by atoms with E-state index in [9.17, 15) is 14.4 Å². The maximum atomic E-state index is 12.6. The molecule has 0 spiro atoms. The second-order valence-electron chi connectivity index (χ2n) is 7.11. The van der Waals surface area contributed by atoms with E-state index in [0.717, 1.165) is 22.4 Å². The van der Waals surface area contributed by atoms with Gasteiger partial charge in [-0.3, -0.25) is 19.3 Å². The average molecular weight is 324 g/mol. The molecule has 1 N–H and O–H groups in total. The molecule has 1 heterocycles. The maximum absolute atomic E-state index is 12.6. The van der Waals surface area contributed by atoms with Crippen molar-refractivity contribution in [3.63, 3.8) is 0 Å². The number of rotatable bonds is 3. The van der Waals surface area contributed by atoms with Crippen LogP contribution in [-0.2, 0) is 14.4 Å². The van der Waals surface area contributed by atoms with Crippen LogP contribution in [0.2, 0.25) is 0 Å². The summed E-state index contributed by atoms with van der Waals surface area (Å²) in [7, 11) is 0. The number of fused-ring (bicyclic) bond motifs is 5. The highest BCUT2D eigenvalue weighted by atomic mass is 16.2. The molecule has 1 saturated carbocycles. The second-order valence-corrected chi connectivity index (χ2v) is 7.11. The van der Waals surface area contributed by atoms with Crippen LogP contribution in [-0.4, -0.2) is 29.2 Å². The molecule has 3 amide bonds. The van der Waals surface area contributed by atoms with E-state index in [-0.39, 0.29) is 47.9 Å². The van der Waals surface area contributed by atoms with Crippen LogP contribution < -0.4 is 5.32 Å². The van der Waals surface area contributed by atoms with Gasteiger partial charge < -0.3 is 5.32 Å². The minimum atomic E-state index is -0.333. The Morgan fingerprint density at radius 3 is 2.29 bits per heavy atom. The zero-order valence-electron chi connectivity index (χ0n) is 13.8. The third-order valence-corrected chi connectivity index (χ3v) is 5.65. The highest BCUT2D eigenvalue weighted by Crippen LogP contribution is 2.52. The van der Waals surface area contributed by atoms with E-state index in [0.29, 0.717) is 5.69 Å². The van der Waals surface area contributed by atoms with Gasteiger partial charge in [-0.05, 0) is 55.4 Å². The Balaban J connectivity index is 1.46. The fourth-order valence-corrected chi connectivity index (χ4v) is 4.28. The van der Waals surface area contributed by atoms with Gasteiger partial charge in [-0.2, -0.15) is 0 Å². The molecule has 2 bridgehead atoms. The van der Waals surface area contributed by atoms with E-state index in [1.807, 2.05) is 32.0 Å². The molecule has 0 aromatic heterocycles. The summed E-state index contributed by atoms with van der Waals surface area (Å²) in [6.45, 7) is 3.78. The van der Waals surface area contributed by atoms with Crippen LogP contribution >= 0.6 is 0 Å². The van der Waals surface area contributed by atoms with Gasteiger partial charge in [0.05, 0.1) is 11.8 Å². The summed E-state index contributed by atoms with van der Waals surface area (Å²) >= 11 is 0. The minimum absolute atomic E-state index is 0.171. The Morgan fingerprint density at radius 2 is 1.71 bits per heavy atom. The quantitative estimate of drug-likeness (QED) is 0.683. The van der Waals surface area contributed by atoms with Crippen molar-refractivity contribution >= 4 is 23.4 Å². The average Bonchev–Trinajstić information content (AvgIpc) is 3.21. The zero-order valence-corrected chi connectivity index (χ0v) is 13.8. The van der Waals surface area contributed by atoms with Crippen molar-refractivity contribution in [3.05, 3.63) is 41.5 Å². The molecule has 24 heavy (non-hydrogen) atoms. The number of allylic oxidation sites excluding steroid dienone is 2. The summed E-state index contributed by atoms with van der Waals surface area (Å²) < 4.78 is 0. The molecule has 1 saturated heterocycles. The largest absolute Gasteiger partial charge is 0.325 e. The Kier molecular flexibility index (Phi) is 3.34. The van der Waals surface area contributed by atoms with Gasteiger partial charge in [-0.25, -0.2) is 0 Å². The van der Waals surface area contributed by atoms with Gasteiger partial charge >= 0.3 is 0 Å². The van der Waals surface area contributed by atoms with Crippen LogP contribution in [0, 0.1) is 37.5 Å². The standard InChI is InChI=1S/C19H20N2O3/c1-10-3-6-14(7-11(10)2)20-15(22)9-21-18(23)16-12-4-5-13(8-12)17(16)19(21)24/h3-7,12-13,16-17H,8-9H2,1-2H3,(H,20,22)/t12-,13+,16-,17-/m0/s1.